The summed E-state index contributed by atoms with van der Waals surface area (Å²) in [7, 11) is 0. The molecule has 150 valence electrons. The second kappa shape index (κ2) is 8.81. The van der Waals surface area contributed by atoms with Crippen LogP contribution in [0.1, 0.15) is 10.4 Å². The van der Waals surface area contributed by atoms with E-state index >= 15 is 0 Å². The number of rotatable bonds is 6. The lowest BCUT2D eigenvalue weighted by Gasteiger charge is -2.09. The third-order valence-electron chi connectivity index (χ3n) is 4.69. The predicted molar refractivity (Wildman–Crippen MR) is 129 cm³/mol. The fourth-order valence-electron chi connectivity index (χ4n) is 3.18. The van der Waals surface area contributed by atoms with E-state index in [-0.39, 0.29) is 0 Å². The lowest BCUT2D eigenvalue weighted by atomic mass is 10.2. The van der Waals surface area contributed by atoms with Crippen LogP contribution in [0, 0.1) is 0 Å². The molecular formula is C26H19N3OS. The molecule has 0 fully saturated rings. The highest BCUT2D eigenvalue weighted by molar-refractivity contribution is 7.20. The molecule has 4 nitrogen and oxygen atoms in total. The van der Waals surface area contributed by atoms with Crippen LogP contribution in [-0.4, -0.2) is 9.97 Å². The van der Waals surface area contributed by atoms with Crippen molar-refractivity contribution in [3.05, 3.63) is 108 Å². The highest BCUT2D eigenvalue weighted by Gasteiger charge is 2.07. The Balaban J connectivity index is 1.34. The Labute approximate surface area is 184 Å². The van der Waals surface area contributed by atoms with Crippen molar-refractivity contribution in [3.8, 4) is 11.5 Å². The van der Waals surface area contributed by atoms with E-state index in [2.05, 4.69) is 33.5 Å². The highest BCUT2D eigenvalue weighted by Crippen LogP contribution is 2.34. The van der Waals surface area contributed by atoms with Gasteiger partial charge in [0, 0.05) is 29.2 Å². The molecule has 0 saturated carbocycles. The van der Waals surface area contributed by atoms with Gasteiger partial charge in [0.05, 0.1) is 15.9 Å². The molecule has 0 saturated heterocycles. The Hall–Kier alpha value is -3.96. The van der Waals surface area contributed by atoms with Gasteiger partial charge in [0.15, 0.2) is 0 Å². The first kappa shape index (κ1) is 19.0. The number of aromatic nitrogens is 2. The summed E-state index contributed by atoms with van der Waals surface area (Å²) in [6, 6.07) is 25.8. The number of thiophene rings is 1. The minimum Gasteiger partial charge on any atom is -0.457 e. The Morgan fingerprint density at radius 3 is 2.35 bits per heavy atom. The molecule has 0 unspecified atom stereocenters. The van der Waals surface area contributed by atoms with Crippen molar-refractivity contribution in [2.24, 2.45) is 0 Å². The fourth-order valence-corrected chi connectivity index (χ4v) is 4.16. The van der Waals surface area contributed by atoms with Gasteiger partial charge in [-0.2, -0.15) is 0 Å². The number of ether oxygens (including phenoxy) is 1. The molecule has 0 amide bonds. The summed E-state index contributed by atoms with van der Waals surface area (Å²) < 4.78 is 7.00. The van der Waals surface area contributed by atoms with Gasteiger partial charge in [0.1, 0.15) is 11.5 Å². The van der Waals surface area contributed by atoms with Gasteiger partial charge in [-0.05, 0) is 72.3 Å². The van der Waals surface area contributed by atoms with E-state index in [9.17, 15) is 0 Å². The van der Waals surface area contributed by atoms with Crippen LogP contribution in [0.2, 0.25) is 0 Å². The van der Waals surface area contributed by atoms with Crippen molar-refractivity contribution < 1.29 is 4.74 Å². The van der Waals surface area contributed by atoms with E-state index in [1.54, 1.807) is 23.7 Å². The van der Waals surface area contributed by atoms with Crippen LogP contribution in [0.3, 0.4) is 0 Å². The molecule has 5 rings (SSSR count). The molecular weight excluding hydrogens is 402 g/mol. The number of nitrogens with zero attached hydrogens (tertiary/aromatic N) is 2. The smallest absolute Gasteiger partial charge is 0.127 e. The molecule has 3 aromatic heterocycles. The number of pyridine rings is 2. The van der Waals surface area contributed by atoms with Crippen LogP contribution < -0.4 is 10.1 Å². The van der Waals surface area contributed by atoms with Crippen LogP contribution >= 0.6 is 11.3 Å². The summed E-state index contributed by atoms with van der Waals surface area (Å²) in [6.45, 7) is 0. The molecule has 2 aromatic carbocycles. The summed E-state index contributed by atoms with van der Waals surface area (Å²) in [6.07, 6.45) is 9.63. The second-order valence-corrected chi connectivity index (χ2v) is 7.98. The quantitative estimate of drug-likeness (QED) is 0.310. The molecule has 0 aliphatic carbocycles. The highest BCUT2D eigenvalue weighted by atomic mass is 32.1. The van der Waals surface area contributed by atoms with E-state index in [0.29, 0.717) is 0 Å². The van der Waals surface area contributed by atoms with Crippen LogP contribution in [0.25, 0.3) is 22.4 Å². The molecule has 0 bridgehead atoms. The molecule has 0 aliphatic rings. The number of benzene rings is 2. The minimum atomic E-state index is 0.802. The van der Waals surface area contributed by atoms with Crippen molar-refractivity contribution in [3.63, 3.8) is 0 Å². The zero-order valence-electron chi connectivity index (χ0n) is 16.6. The maximum Gasteiger partial charge on any atom is 0.127 e. The van der Waals surface area contributed by atoms with E-state index in [0.717, 1.165) is 43.5 Å². The average molecular weight is 422 g/mol. The number of nitrogens with one attached hydrogen (secondary N) is 1. The van der Waals surface area contributed by atoms with Gasteiger partial charge in [-0.3, -0.25) is 9.97 Å². The van der Waals surface area contributed by atoms with E-state index in [1.807, 2.05) is 79.0 Å². The van der Waals surface area contributed by atoms with Gasteiger partial charge in [-0.15, -0.1) is 11.3 Å². The largest absolute Gasteiger partial charge is 0.457 e. The van der Waals surface area contributed by atoms with Crippen molar-refractivity contribution in [1.82, 2.24) is 9.97 Å². The maximum atomic E-state index is 5.87. The molecule has 0 aliphatic heterocycles. The predicted octanol–water partition coefficient (Wildman–Crippen LogP) is 7.40. The fraction of sp³-hybridized carbons (Fsp3) is 0. The number of hydrogen-bond acceptors (Lipinski definition) is 5. The standard InChI is InChI=1S/C26H19N3OS/c1-2-4-21(5-3-1)30-22-9-7-20(8-10-22)29-24-14-17-28-25-18-23(31-26(24)25)11-6-19-12-15-27-16-13-19/h1-18H,(H,28,29)/b11-6+. The summed E-state index contributed by atoms with van der Waals surface area (Å²) in [5.41, 5.74) is 4.13. The van der Waals surface area contributed by atoms with Crippen LogP contribution in [0.4, 0.5) is 11.4 Å². The molecule has 5 heteroatoms. The molecule has 3 heterocycles. The van der Waals surface area contributed by atoms with E-state index in [4.69, 9.17) is 4.74 Å². The first-order valence-electron chi connectivity index (χ1n) is 9.90. The summed E-state index contributed by atoms with van der Waals surface area (Å²) >= 11 is 1.72. The molecule has 0 radical (unpaired) electrons. The lowest BCUT2D eigenvalue weighted by Crippen LogP contribution is -1.91. The number of para-hydroxylation sites is 1. The first-order chi connectivity index (χ1) is 15.3. The van der Waals surface area contributed by atoms with Crippen molar-refractivity contribution in [1.29, 1.82) is 0 Å². The number of anilines is 2. The topological polar surface area (TPSA) is 47.0 Å². The minimum absolute atomic E-state index is 0.802. The van der Waals surface area contributed by atoms with Gasteiger partial charge in [-0.25, -0.2) is 0 Å². The molecule has 1 N–H and O–H groups in total. The third-order valence-corrected chi connectivity index (χ3v) is 5.81. The first-order valence-corrected chi connectivity index (χ1v) is 10.7. The summed E-state index contributed by atoms with van der Waals surface area (Å²) in [5.74, 6) is 1.63. The van der Waals surface area contributed by atoms with Gasteiger partial charge in [0.2, 0.25) is 0 Å². The Morgan fingerprint density at radius 1 is 0.774 bits per heavy atom. The zero-order valence-corrected chi connectivity index (χ0v) is 17.4. The molecule has 31 heavy (non-hydrogen) atoms. The van der Waals surface area contributed by atoms with Gasteiger partial charge in [-0.1, -0.05) is 24.3 Å². The van der Waals surface area contributed by atoms with Crippen LogP contribution in [0.5, 0.6) is 11.5 Å². The van der Waals surface area contributed by atoms with E-state index < -0.39 is 0 Å². The van der Waals surface area contributed by atoms with Crippen molar-refractivity contribution >= 4 is 45.1 Å². The lowest BCUT2D eigenvalue weighted by molar-refractivity contribution is 0.483. The summed E-state index contributed by atoms with van der Waals surface area (Å²) in [4.78, 5) is 9.73. The van der Waals surface area contributed by atoms with Crippen LogP contribution in [-0.2, 0) is 0 Å². The Bertz CT molecular complexity index is 1310. The van der Waals surface area contributed by atoms with Gasteiger partial charge < -0.3 is 10.1 Å². The molecule has 5 aromatic rings. The molecule has 0 atom stereocenters. The van der Waals surface area contributed by atoms with Crippen molar-refractivity contribution in [2.75, 3.05) is 5.32 Å². The molecule has 0 spiro atoms. The number of hydrogen-bond donors (Lipinski definition) is 1. The second-order valence-electron chi connectivity index (χ2n) is 6.90. The zero-order chi connectivity index (χ0) is 20.9. The normalized spacial score (nSPS) is 11.1. The van der Waals surface area contributed by atoms with E-state index in [1.165, 1.54) is 0 Å². The number of fused-ring (bicyclic) bond motifs is 1. The Kier molecular flexibility index (Phi) is 5.41. The average Bonchev–Trinajstić information content (AvgIpc) is 3.25. The van der Waals surface area contributed by atoms with Gasteiger partial charge >= 0.3 is 0 Å². The Morgan fingerprint density at radius 2 is 1.55 bits per heavy atom. The SMILES string of the molecule is C(=C\c1cc2nccc(Nc3ccc(Oc4ccccc4)cc3)c2s1)/c1ccncc1. The third kappa shape index (κ3) is 4.63. The van der Waals surface area contributed by atoms with Gasteiger partial charge in [0.25, 0.3) is 0 Å². The maximum absolute atomic E-state index is 5.87. The monoisotopic (exact) mass is 421 g/mol. The van der Waals surface area contributed by atoms with Crippen molar-refractivity contribution in [2.45, 2.75) is 0 Å². The van der Waals surface area contributed by atoms with Crippen LogP contribution in [0.15, 0.2) is 97.5 Å². The summed E-state index contributed by atoms with van der Waals surface area (Å²) in [5, 5.41) is 3.51.